The summed E-state index contributed by atoms with van der Waals surface area (Å²) in [5.74, 6) is 2.88. The zero-order valence-corrected chi connectivity index (χ0v) is 18.6. The van der Waals surface area contributed by atoms with Crippen molar-refractivity contribution in [2.45, 2.75) is 65.4 Å². The minimum atomic E-state index is 0. The Morgan fingerprint density at radius 3 is 2.50 bits per heavy atom. The average molecular weight is 408 g/mol. The van der Waals surface area contributed by atoms with Crippen LogP contribution in [0.25, 0.3) is 0 Å². The van der Waals surface area contributed by atoms with E-state index in [0.29, 0.717) is 0 Å². The molecule has 28 heavy (non-hydrogen) atoms. The zero-order valence-electron chi connectivity index (χ0n) is 17.8. The zero-order chi connectivity index (χ0) is 19.4. The van der Waals surface area contributed by atoms with Crippen molar-refractivity contribution >= 4 is 23.9 Å². The Morgan fingerprint density at radius 1 is 1.18 bits per heavy atom. The largest absolute Gasteiger partial charge is 0.497 e. The highest BCUT2D eigenvalue weighted by Crippen LogP contribution is 2.40. The fourth-order valence-electron chi connectivity index (χ4n) is 4.00. The maximum absolute atomic E-state index is 6.47. The number of anilines is 2. The summed E-state index contributed by atoms with van der Waals surface area (Å²) in [6.07, 6.45) is 6.87. The molecule has 0 spiro atoms. The predicted molar refractivity (Wildman–Crippen MR) is 118 cm³/mol. The van der Waals surface area contributed by atoms with Gasteiger partial charge in [-0.2, -0.15) is 5.10 Å². The van der Waals surface area contributed by atoms with Crippen LogP contribution in [0.4, 0.5) is 11.5 Å². The first kappa shape index (κ1) is 22.4. The van der Waals surface area contributed by atoms with Crippen LogP contribution in [0.15, 0.2) is 18.2 Å². The molecule has 0 amide bonds. The van der Waals surface area contributed by atoms with Gasteiger partial charge >= 0.3 is 0 Å². The average Bonchev–Trinajstić information content (AvgIpc) is 2.98. The second-order valence-corrected chi connectivity index (χ2v) is 7.46. The highest BCUT2D eigenvalue weighted by molar-refractivity contribution is 5.85. The first-order chi connectivity index (χ1) is 13.1. The summed E-state index contributed by atoms with van der Waals surface area (Å²) < 4.78 is 13.8. The summed E-state index contributed by atoms with van der Waals surface area (Å²) in [6.45, 7) is 7.55. The molecule has 0 aliphatic carbocycles. The van der Waals surface area contributed by atoms with Crippen LogP contribution in [0, 0.1) is 6.92 Å². The molecule has 0 N–H and O–H groups in total. The lowest BCUT2D eigenvalue weighted by Gasteiger charge is -2.29. The number of hydrogen-bond acceptors (Lipinski definition) is 4. The first-order valence-electron chi connectivity index (χ1n) is 10.2. The fraction of sp³-hybridized carbons (Fsp3) is 0.591. The number of fused-ring (bicyclic) bond motifs is 1. The van der Waals surface area contributed by atoms with Crippen LogP contribution in [0.2, 0.25) is 0 Å². The molecule has 1 aliphatic rings. The molecule has 2 heterocycles. The van der Waals surface area contributed by atoms with Crippen LogP contribution in [-0.2, 0) is 13.5 Å². The molecule has 3 rings (SSSR count). The molecule has 0 atom stereocenters. The minimum Gasteiger partial charge on any atom is -0.497 e. The molecule has 0 unspecified atom stereocenters. The van der Waals surface area contributed by atoms with Crippen LogP contribution < -0.4 is 14.4 Å². The van der Waals surface area contributed by atoms with Gasteiger partial charge in [-0.1, -0.05) is 26.7 Å². The molecule has 2 aromatic rings. The SMILES string of the molecule is CCCC(CCC)Oc1c2c(nn1C)N(c1ccc(OC)cc1C)CCC2.Cl. The van der Waals surface area contributed by atoms with Gasteiger partial charge in [0.05, 0.1) is 12.7 Å². The van der Waals surface area contributed by atoms with E-state index in [9.17, 15) is 0 Å². The van der Waals surface area contributed by atoms with Gasteiger partial charge < -0.3 is 14.4 Å². The Kier molecular flexibility index (Phi) is 8.05. The molecule has 1 aliphatic heterocycles. The summed E-state index contributed by atoms with van der Waals surface area (Å²) in [5, 5.41) is 4.85. The van der Waals surface area contributed by atoms with Crippen molar-refractivity contribution in [2.75, 3.05) is 18.6 Å². The van der Waals surface area contributed by atoms with Crippen molar-refractivity contribution in [3.05, 3.63) is 29.3 Å². The number of rotatable bonds is 8. The number of ether oxygens (including phenoxy) is 2. The van der Waals surface area contributed by atoms with E-state index < -0.39 is 0 Å². The number of nitrogens with zero attached hydrogens (tertiary/aromatic N) is 3. The molecule has 1 aromatic heterocycles. The number of benzene rings is 1. The van der Waals surface area contributed by atoms with E-state index in [0.717, 1.165) is 62.5 Å². The van der Waals surface area contributed by atoms with E-state index in [1.165, 1.54) is 16.8 Å². The van der Waals surface area contributed by atoms with Gasteiger partial charge in [0.15, 0.2) is 5.82 Å². The van der Waals surface area contributed by atoms with Crippen molar-refractivity contribution in [1.29, 1.82) is 0 Å². The maximum atomic E-state index is 6.47. The van der Waals surface area contributed by atoms with Gasteiger partial charge in [0.1, 0.15) is 11.9 Å². The Hall–Kier alpha value is -1.88. The van der Waals surface area contributed by atoms with Crippen molar-refractivity contribution in [3.63, 3.8) is 0 Å². The Labute approximate surface area is 175 Å². The molecular weight excluding hydrogens is 374 g/mol. The molecule has 6 heteroatoms. The standard InChI is InChI=1S/C22H33N3O2.ClH/c1-6-9-17(10-7-2)27-22-19-11-8-14-25(21(19)23-24(22)4)20-13-12-18(26-5)15-16(20)3;/h12-13,15,17H,6-11,14H2,1-5H3;1H. The molecule has 0 saturated carbocycles. The smallest absolute Gasteiger partial charge is 0.217 e. The van der Waals surface area contributed by atoms with Gasteiger partial charge in [-0.05, 0) is 56.4 Å². The van der Waals surface area contributed by atoms with Crippen LogP contribution in [-0.4, -0.2) is 29.5 Å². The topological polar surface area (TPSA) is 39.5 Å². The predicted octanol–water partition coefficient (Wildman–Crippen LogP) is 5.59. The lowest BCUT2D eigenvalue weighted by atomic mass is 10.0. The van der Waals surface area contributed by atoms with Gasteiger partial charge in [-0.15, -0.1) is 12.4 Å². The highest BCUT2D eigenvalue weighted by atomic mass is 35.5. The number of halogens is 1. The summed E-state index contributed by atoms with van der Waals surface area (Å²) in [4.78, 5) is 2.33. The molecule has 0 bridgehead atoms. The quantitative estimate of drug-likeness (QED) is 0.571. The minimum absolute atomic E-state index is 0. The Morgan fingerprint density at radius 2 is 1.89 bits per heavy atom. The Bertz CT molecular complexity index is 769. The van der Waals surface area contributed by atoms with E-state index in [2.05, 4.69) is 37.8 Å². The summed E-state index contributed by atoms with van der Waals surface area (Å²) in [5.41, 5.74) is 3.64. The van der Waals surface area contributed by atoms with Crippen LogP contribution >= 0.6 is 12.4 Å². The van der Waals surface area contributed by atoms with Crippen molar-refractivity contribution in [3.8, 4) is 11.6 Å². The molecule has 156 valence electrons. The van der Waals surface area contributed by atoms with Crippen LogP contribution in [0.5, 0.6) is 11.6 Å². The van der Waals surface area contributed by atoms with E-state index in [-0.39, 0.29) is 18.5 Å². The van der Waals surface area contributed by atoms with E-state index in [4.69, 9.17) is 14.6 Å². The molecule has 5 nitrogen and oxygen atoms in total. The maximum Gasteiger partial charge on any atom is 0.217 e. The summed E-state index contributed by atoms with van der Waals surface area (Å²) in [7, 11) is 3.71. The van der Waals surface area contributed by atoms with Crippen molar-refractivity contribution < 1.29 is 9.47 Å². The van der Waals surface area contributed by atoms with Gasteiger partial charge in [0, 0.05) is 19.3 Å². The number of aromatic nitrogens is 2. The second kappa shape index (κ2) is 10.1. The van der Waals surface area contributed by atoms with E-state index in [1.54, 1.807) is 7.11 Å². The third kappa shape index (κ3) is 4.57. The van der Waals surface area contributed by atoms with Crippen LogP contribution in [0.3, 0.4) is 0 Å². The molecular formula is C22H34ClN3O2. The molecule has 0 fully saturated rings. The molecule has 0 saturated heterocycles. The van der Waals surface area contributed by atoms with Crippen molar-refractivity contribution in [2.24, 2.45) is 7.05 Å². The van der Waals surface area contributed by atoms with Crippen LogP contribution in [0.1, 0.15) is 57.1 Å². The normalized spacial score (nSPS) is 13.3. The first-order valence-corrected chi connectivity index (χ1v) is 10.2. The molecule has 0 radical (unpaired) electrons. The lowest BCUT2D eigenvalue weighted by Crippen LogP contribution is -2.25. The van der Waals surface area contributed by atoms with Gasteiger partial charge in [0.25, 0.3) is 0 Å². The van der Waals surface area contributed by atoms with Gasteiger partial charge in [-0.3, -0.25) is 0 Å². The highest BCUT2D eigenvalue weighted by Gasteiger charge is 2.28. The third-order valence-corrected chi connectivity index (χ3v) is 5.33. The summed E-state index contributed by atoms with van der Waals surface area (Å²) in [6, 6.07) is 6.24. The summed E-state index contributed by atoms with van der Waals surface area (Å²) >= 11 is 0. The third-order valence-electron chi connectivity index (χ3n) is 5.33. The fourth-order valence-corrected chi connectivity index (χ4v) is 4.00. The number of methoxy groups -OCH3 is 1. The number of aryl methyl sites for hydroxylation is 2. The van der Waals surface area contributed by atoms with E-state index >= 15 is 0 Å². The van der Waals surface area contributed by atoms with E-state index in [1.807, 2.05) is 17.8 Å². The van der Waals surface area contributed by atoms with Crippen molar-refractivity contribution in [1.82, 2.24) is 9.78 Å². The Balaban J connectivity index is 0.00000280. The number of hydrogen-bond donors (Lipinski definition) is 0. The van der Waals surface area contributed by atoms with Gasteiger partial charge in [0.2, 0.25) is 5.88 Å². The lowest BCUT2D eigenvalue weighted by molar-refractivity contribution is 0.162. The molecule has 1 aromatic carbocycles. The van der Waals surface area contributed by atoms with Gasteiger partial charge in [-0.25, -0.2) is 4.68 Å². The monoisotopic (exact) mass is 407 g/mol. The second-order valence-electron chi connectivity index (χ2n) is 7.46.